The minimum Gasteiger partial charge on any atom is -0.366 e. The fraction of sp³-hybridized carbons (Fsp3) is 0.267. The minimum absolute atomic E-state index is 0.318. The van der Waals surface area contributed by atoms with Crippen LogP contribution in [0.25, 0.3) is 0 Å². The van der Waals surface area contributed by atoms with Crippen molar-refractivity contribution < 1.29 is 4.39 Å². The molecule has 1 aromatic carbocycles. The van der Waals surface area contributed by atoms with Gasteiger partial charge in [0.05, 0.1) is 6.20 Å². The molecule has 0 saturated heterocycles. The molecule has 0 aliphatic heterocycles. The van der Waals surface area contributed by atoms with Gasteiger partial charge in [0.1, 0.15) is 11.6 Å². The second kappa shape index (κ2) is 5.63. The van der Waals surface area contributed by atoms with Gasteiger partial charge in [-0.2, -0.15) is 0 Å². The summed E-state index contributed by atoms with van der Waals surface area (Å²) in [7, 11) is 0. The highest BCUT2D eigenvalue weighted by Gasteiger charge is 1.99. The highest BCUT2D eigenvalue weighted by molar-refractivity contribution is 5.35. The number of aromatic nitrogens is 1. The lowest BCUT2D eigenvalue weighted by Gasteiger charge is -2.08. The highest BCUT2D eigenvalue weighted by atomic mass is 19.1. The van der Waals surface area contributed by atoms with Gasteiger partial charge in [-0.25, -0.2) is 9.37 Å². The summed E-state index contributed by atoms with van der Waals surface area (Å²) >= 11 is 0. The highest BCUT2D eigenvalue weighted by Crippen LogP contribution is 2.15. The van der Waals surface area contributed by atoms with E-state index in [9.17, 15) is 4.39 Å². The number of hydrogen-bond acceptors (Lipinski definition) is 2. The van der Waals surface area contributed by atoms with Crippen molar-refractivity contribution in [2.24, 2.45) is 0 Å². The van der Waals surface area contributed by atoms with Crippen molar-refractivity contribution in [2.75, 3.05) is 5.32 Å². The Morgan fingerprint density at radius 1 is 1.11 bits per heavy atom. The van der Waals surface area contributed by atoms with E-state index in [1.54, 1.807) is 6.07 Å². The van der Waals surface area contributed by atoms with Gasteiger partial charge >= 0.3 is 0 Å². The molecule has 18 heavy (non-hydrogen) atoms. The molecule has 2 nitrogen and oxygen atoms in total. The molecule has 3 heteroatoms. The van der Waals surface area contributed by atoms with Gasteiger partial charge in [-0.05, 0) is 29.2 Å². The number of nitrogens with one attached hydrogen (secondary N) is 1. The predicted octanol–water partition coefficient (Wildman–Crippen LogP) is 3.96. The van der Waals surface area contributed by atoms with Crippen molar-refractivity contribution >= 4 is 5.82 Å². The van der Waals surface area contributed by atoms with Crippen LogP contribution in [-0.4, -0.2) is 4.98 Å². The first-order valence-electron chi connectivity index (χ1n) is 6.09. The SMILES string of the molecule is CC(C)c1ccc(CNc2ccc(F)cn2)cc1. The average Bonchev–Trinajstić information content (AvgIpc) is 2.38. The predicted molar refractivity (Wildman–Crippen MR) is 72.1 cm³/mol. The largest absolute Gasteiger partial charge is 0.366 e. The van der Waals surface area contributed by atoms with Crippen molar-refractivity contribution in [3.8, 4) is 0 Å². The molecular weight excluding hydrogens is 227 g/mol. The van der Waals surface area contributed by atoms with Crippen molar-refractivity contribution in [1.29, 1.82) is 0 Å². The quantitative estimate of drug-likeness (QED) is 0.880. The maximum atomic E-state index is 12.7. The van der Waals surface area contributed by atoms with Crippen LogP contribution in [-0.2, 0) is 6.54 Å². The van der Waals surface area contributed by atoms with Gasteiger partial charge in [0.25, 0.3) is 0 Å². The molecule has 94 valence electrons. The summed E-state index contributed by atoms with van der Waals surface area (Å²) in [6.45, 7) is 5.04. The molecule has 0 aliphatic rings. The monoisotopic (exact) mass is 244 g/mol. The maximum Gasteiger partial charge on any atom is 0.141 e. The molecule has 0 atom stereocenters. The second-order valence-electron chi connectivity index (χ2n) is 4.61. The normalized spacial score (nSPS) is 10.7. The Morgan fingerprint density at radius 2 is 1.83 bits per heavy atom. The van der Waals surface area contributed by atoms with Crippen LogP contribution < -0.4 is 5.32 Å². The van der Waals surface area contributed by atoms with Crippen LogP contribution in [0.2, 0.25) is 0 Å². The lowest BCUT2D eigenvalue weighted by molar-refractivity contribution is 0.621. The zero-order valence-corrected chi connectivity index (χ0v) is 10.7. The molecule has 0 bridgehead atoms. The molecule has 0 unspecified atom stereocenters. The lowest BCUT2D eigenvalue weighted by Crippen LogP contribution is -2.01. The van der Waals surface area contributed by atoms with Crippen LogP contribution in [0.1, 0.15) is 30.9 Å². The van der Waals surface area contributed by atoms with Gasteiger partial charge in [-0.1, -0.05) is 38.1 Å². The van der Waals surface area contributed by atoms with Gasteiger partial charge < -0.3 is 5.32 Å². The van der Waals surface area contributed by atoms with E-state index in [4.69, 9.17) is 0 Å². The van der Waals surface area contributed by atoms with Crippen molar-refractivity contribution in [1.82, 2.24) is 4.98 Å². The maximum absolute atomic E-state index is 12.7. The fourth-order valence-electron chi connectivity index (χ4n) is 1.69. The van der Waals surface area contributed by atoms with Crippen LogP contribution in [0.3, 0.4) is 0 Å². The zero-order chi connectivity index (χ0) is 13.0. The van der Waals surface area contributed by atoms with E-state index in [0.29, 0.717) is 18.3 Å². The number of pyridine rings is 1. The van der Waals surface area contributed by atoms with E-state index in [1.165, 1.54) is 23.4 Å². The molecule has 0 radical (unpaired) electrons. The standard InChI is InChI=1S/C15H17FN2/c1-11(2)13-5-3-12(4-6-13)9-17-15-8-7-14(16)10-18-15/h3-8,10-11H,9H2,1-2H3,(H,17,18). The third-order valence-electron chi connectivity index (χ3n) is 2.85. The summed E-state index contributed by atoms with van der Waals surface area (Å²) in [5, 5.41) is 3.16. The molecule has 0 amide bonds. The number of hydrogen-bond donors (Lipinski definition) is 1. The lowest BCUT2D eigenvalue weighted by atomic mass is 10.0. The van der Waals surface area contributed by atoms with Crippen molar-refractivity contribution in [2.45, 2.75) is 26.3 Å². The Bertz CT molecular complexity index is 489. The van der Waals surface area contributed by atoms with Gasteiger partial charge in [0, 0.05) is 6.54 Å². The van der Waals surface area contributed by atoms with E-state index in [-0.39, 0.29) is 5.82 Å². The van der Waals surface area contributed by atoms with Crippen LogP contribution in [0.15, 0.2) is 42.6 Å². The summed E-state index contributed by atoms with van der Waals surface area (Å²) in [5.74, 6) is 0.914. The molecule has 0 saturated carbocycles. The van der Waals surface area contributed by atoms with Crippen LogP contribution >= 0.6 is 0 Å². The Kier molecular flexibility index (Phi) is 3.92. The van der Waals surface area contributed by atoms with Crippen LogP contribution in [0.5, 0.6) is 0 Å². The van der Waals surface area contributed by atoms with E-state index < -0.39 is 0 Å². The Labute approximate surface area is 107 Å². The number of rotatable bonds is 4. The molecule has 2 rings (SSSR count). The average molecular weight is 244 g/mol. The molecular formula is C15H17FN2. The number of halogens is 1. The first kappa shape index (κ1) is 12.6. The molecule has 1 N–H and O–H groups in total. The summed E-state index contributed by atoms with van der Waals surface area (Å²) in [4.78, 5) is 3.95. The smallest absolute Gasteiger partial charge is 0.141 e. The summed E-state index contributed by atoms with van der Waals surface area (Å²) < 4.78 is 12.7. The number of anilines is 1. The second-order valence-corrected chi connectivity index (χ2v) is 4.61. The van der Waals surface area contributed by atoms with Crippen LogP contribution in [0.4, 0.5) is 10.2 Å². The zero-order valence-electron chi connectivity index (χ0n) is 10.7. The van der Waals surface area contributed by atoms with Gasteiger partial charge in [-0.3, -0.25) is 0 Å². The third-order valence-corrected chi connectivity index (χ3v) is 2.85. The van der Waals surface area contributed by atoms with Crippen molar-refractivity contribution in [3.63, 3.8) is 0 Å². The summed E-state index contributed by atoms with van der Waals surface area (Å²) in [6, 6.07) is 11.5. The van der Waals surface area contributed by atoms with Gasteiger partial charge in [-0.15, -0.1) is 0 Å². The first-order chi connectivity index (χ1) is 8.65. The molecule has 2 aromatic rings. The Morgan fingerprint density at radius 3 is 2.39 bits per heavy atom. The molecule has 1 heterocycles. The van der Waals surface area contributed by atoms with Gasteiger partial charge in [0.2, 0.25) is 0 Å². The number of nitrogens with zero attached hydrogens (tertiary/aromatic N) is 1. The Hall–Kier alpha value is -1.90. The van der Waals surface area contributed by atoms with Crippen LogP contribution in [0, 0.1) is 5.82 Å². The third kappa shape index (κ3) is 3.29. The molecule has 0 spiro atoms. The fourth-order valence-corrected chi connectivity index (χ4v) is 1.69. The van der Waals surface area contributed by atoms with E-state index >= 15 is 0 Å². The topological polar surface area (TPSA) is 24.9 Å². The summed E-state index contributed by atoms with van der Waals surface area (Å²) in [6.07, 6.45) is 1.21. The molecule has 0 fully saturated rings. The molecule has 1 aromatic heterocycles. The van der Waals surface area contributed by atoms with Crippen molar-refractivity contribution in [3.05, 3.63) is 59.5 Å². The van der Waals surface area contributed by atoms with E-state index in [1.807, 2.05) is 0 Å². The van der Waals surface area contributed by atoms with E-state index in [0.717, 1.165) is 0 Å². The Balaban J connectivity index is 1.95. The number of benzene rings is 1. The minimum atomic E-state index is -0.318. The van der Waals surface area contributed by atoms with Gasteiger partial charge in [0.15, 0.2) is 0 Å². The van der Waals surface area contributed by atoms with E-state index in [2.05, 4.69) is 48.4 Å². The molecule has 0 aliphatic carbocycles. The summed E-state index contributed by atoms with van der Waals surface area (Å²) in [5.41, 5.74) is 2.52. The first-order valence-corrected chi connectivity index (χ1v) is 6.09.